The third-order valence-electron chi connectivity index (χ3n) is 3.93. The molecule has 0 atom stereocenters. The summed E-state index contributed by atoms with van der Waals surface area (Å²) >= 11 is 1.58. The SMILES string of the molecule is CC(=O)c1ccc(OCCCC(=O)Nc2ccc(-c3nccs3)cc2)cc1. The Morgan fingerprint density at radius 1 is 1.07 bits per heavy atom. The summed E-state index contributed by atoms with van der Waals surface area (Å²) in [6.07, 6.45) is 2.76. The fourth-order valence-electron chi connectivity index (χ4n) is 2.49. The van der Waals surface area contributed by atoms with E-state index in [0.29, 0.717) is 30.8 Å². The van der Waals surface area contributed by atoms with Crippen molar-refractivity contribution in [2.24, 2.45) is 0 Å². The standard InChI is InChI=1S/C21H20N2O3S/c1-15(24)16-6-10-19(11-7-16)26-13-2-3-20(25)23-18-8-4-17(5-9-18)21-22-12-14-27-21/h4-12,14H,2-3,13H2,1H3,(H,23,25). The van der Waals surface area contributed by atoms with Crippen LogP contribution >= 0.6 is 11.3 Å². The van der Waals surface area contributed by atoms with E-state index < -0.39 is 0 Å². The number of anilines is 1. The largest absolute Gasteiger partial charge is 0.494 e. The lowest BCUT2D eigenvalue weighted by atomic mass is 10.1. The van der Waals surface area contributed by atoms with Crippen LogP contribution in [0.4, 0.5) is 5.69 Å². The Balaban J connectivity index is 1.40. The average Bonchev–Trinajstić information content (AvgIpc) is 3.21. The van der Waals surface area contributed by atoms with Crippen molar-refractivity contribution in [2.45, 2.75) is 19.8 Å². The summed E-state index contributed by atoms with van der Waals surface area (Å²) in [7, 11) is 0. The Bertz CT molecular complexity index is 888. The second-order valence-corrected chi connectivity index (χ2v) is 6.89. The number of carbonyl (C=O) groups excluding carboxylic acids is 2. The molecule has 1 N–H and O–H groups in total. The summed E-state index contributed by atoms with van der Waals surface area (Å²) in [5.74, 6) is 0.670. The summed E-state index contributed by atoms with van der Waals surface area (Å²) in [6, 6.07) is 14.6. The second kappa shape index (κ2) is 9.09. The van der Waals surface area contributed by atoms with Crippen molar-refractivity contribution in [3.63, 3.8) is 0 Å². The van der Waals surface area contributed by atoms with Gasteiger partial charge in [0.25, 0.3) is 0 Å². The van der Waals surface area contributed by atoms with Crippen LogP contribution < -0.4 is 10.1 Å². The smallest absolute Gasteiger partial charge is 0.224 e. The fraction of sp³-hybridized carbons (Fsp3) is 0.190. The van der Waals surface area contributed by atoms with E-state index in [0.717, 1.165) is 16.3 Å². The number of aromatic nitrogens is 1. The van der Waals surface area contributed by atoms with Crippen molar-refractivity contribution in [3.05, 3.63) is 65.7 Å². The van der Waals surface area contributed by atoms with Gasteiger partial charge < -0.3 is 10.1 Å². The molecule has 0 aliphatic rings. The van der Waals surface area contributed by atoms with Crippen LogP contribution in [0, 0.1) is 0 Å². The number of nitrogens with one attached hydrogen (secondary N) is 1. The Morgan fingerprint density at radius 2 is 1.81 bits per heavy atom. The zero-order valence-corrected chi connectivity index (χ0v) is 15.8. The van der Waals surface area contributed by atoms with Gasteiger partial charge in [0.05, 0.1) is 6.61 Å². The van der Waals surface area contributed by atoms with Gasteiger partial charge in [0.2, 0.25) is 5.91 Å². The van der Waals surface area contributed by atoms with Crippen LogP contribution in [0.25, 0.3) is 10.6 Å². The third kappa shape index (κ3) is 5.49. The minimum Gasteiger partial charge on any atom is -0.494 e. The fourth-order valence-corrected chi connectivity index (χ4v) is 3.14. The van der Waals surface area contributed by atoms with Crippen LogP contribution in [0.1, 0.15) is 30.1 Å². The Hall–Kier alpha value is -2.99. The summed E-state index contributed by atoms with van der Waals surface area (Å²) < 4.78 is 5.60. The first kappa shape index (κ1) is 18.8. The summed E-state index contributed by atoms with van der Waals surface area (Å²) in [6.45, 7) is 1.97. The van der Waals surface area contributed by atoms with E-state index in [1.807, 2.05) is 29.6 Å². The molecule has 0 fully saturated rings. The number of rotatable bonds is 8. The monoisotopic (exact) mass is 380 g/mol. The lowest BCUT2D eigenvalue weighted by Gasteiger charge is -2.08. The Labute approximate surface area is 162 Å². The molecule has 0 radical (unpaired) electrons. The molecule has 138 valence electrons. The number of nitrogens with zero attached hydrogens (tertiary/aromatic N) is 1. The molecule has 3 rings (SSSR count). The first-order valence-corrected chi connectivity index (χ1v) is 9.53. The van der Waals surface area contributed by atoms with Crippen molar-refractivity contribution in [1.29, 1.82) is 0 Å². The van der Waals surface area contributed by atoms with E-state index in [1.54, 1.807) is 41.8 Å². The highest BCUT2D eigenvalue weighted by Crippen LogP contribution is 2.23. The van der Waals surface area contributed by atoms with Crippen LogP contribution in [0.5, 0.6) is 5.75 Å². The molecule has 5 nitrogen and oxygen atoms in total. The second-order valence-electron chi connectivity index (χ2n) is 6.00. The van der Waals surface area contributed by atoms with Crippen LogP contribution in [0.15, 0.2) is 60.1 Å². The summed E-state index contributed by atoms with van der Waals surface area (Å²) in [5.41, 5.74) is 2.45. The predicted octanol–water partition coefficient (Wildman–Crippen LogP) is 4.81. The predicted molar refractivity (Wildman–Crippen MR) is 107 cm³/mol. The third-order valence-corrected chi connectivity index (χ3v) is 4.75. The average molecular weight is 380 g/mol. The number of hydrogen-bond donors (Lipinski definition) is 1. The molecular formula is C21H20N2O3S. The molecule has 3 aromatic rings. The highest BCUT2D eigenvalue weighted by atomic mass is 32.1. The van der Waals surface area contributed by atoms with Crippen LogP contribution in [-0.2, 0) is 4.79 Å². The van der Waals surface area contributed by atoms with Crippen LogP contribution in [0.2, 0.25) is 0 Å². The zero-order chi connectivity index (χ0) is 19.1. The van der Waals surface area contributed by atoms with Gasteiger partial charge in [-0.25, -0.2) is 4.98 Å². The molecule has 2 aromatic carbocycles. The topological polar surface area (TPSA) is 68.3 Å². The van der Waals surface area contributed by atoms with Crippen molar-refractivity contribution in [3.8, 4) is 16.3 Å². The number of Topliss-reactive ketones (excluding diaryl/α,β-unsaturated/α-hetero) is 1. The van der Waals surface area contributed by atoms with E-state index >= 15 is 0 Å². The molecule has 0 bridgehead atoms. The molecule has 0 aliphatic carbocycles. The molecule has 1 amide bonds. The number of amides is 1. The molecule has 27 heavy (non-hydrogen) atoms. The van der Waals surface area contributed by atoms with Crippen molar-refractivity contribution < 1.29 is 14.3 Å². The summed E-state index contributed by atoms with van der Waals surface area (Å²) in [4.78, 5) is 27.5. The van der Waals surface area contributed by atoms with Gasteiger partial charge >= 0.3 is 0 Å². The van der Waals surface area contributed by atoms with Crippen molar-refractivity contribution in [1.82, 2.24) is 4.98 Å². The van der Waals surface area contributed by atoms with Gasteiger partial charge in [0.15, 0.2) is 5.78 Å². The molecule has 0 saturated carbocycles. The molecular weight excluding hydrogens is 360 g/mol. The molecule has 0 unspecified atom stereocenters. The van der Waals surface area contributed by atoms with E-state index in [9.17, 15) is 9.59 Å². The molecule has 0 spiro atoms. The minimum atomic E-state index is -0.0486. The first-order valence-electron chi connectivity index (χ1n) is 8.65. The van der Waals surface area contributed by atoms with Crippen molar-refractivity contribution >= 4 is 28.7 Å². The van der Waals surface area contributed by atoms with E-state index in [1.165, 1.54) is 6.92 Å². The lowest BCUT2D eigenvalue weighted by Crippen LogP contribution is -2.12. The van der Waals surface area contributed by atoms with E-state index in [4.69, 9.17) is 4.74 Å². The van der Waals surface area contributed by atoms with Crippen LogP contribution in [0.3, 0.4) is 0 Å². The molecule has 0 aliphatic heterocycles. The number of benzene rings is 2. The van der Waals surface area contributed by atoms with Gasteiger partial charge in [-0.05, 0) is 61.9 Å². The summed E-state index contributed by atoms with van der Waals surface area (Å²) in [5, 5.41) is 5.78. The number of thiazole rings is 1. The molecule has 1 heterocycles. The van der Waals surface area contributed by atoms with Gasteiger partial charge in [-0.2, -0.15) is 0 Å². The number of ether oxygens (including phenoxy) is 1. The van der Waals surface area contributed by atoms with Crippen molar-refractivity contribution in [2.75, 3.05) is 11.9 Å². The van der Waals surface area contributed by atoms with E-state index in [2.05, 4.69) is 10.3 Å². The maximum atomic E-state index is 12.0. The van der Waals surface area contributed by atoms with Gasteiger partial charge in [-0.15, -0.1) is 11.3 Å². The number of hydrogen-bond acceptors (Lipinski definition) is 5. The van der Waals surface area contributed by atoms with E-state index in [-0.39, 0.29) is 11.7 Å². The molecule has 0 saturated heterocycles. The number of ketones is 1. The maximum absolute atomic E-state index is 12.0. The quantitative estimate of drug-likeness (QED) is 0.450. The van der Waals surface area contributed by atoms with Gasteiger partial charge in [0.1, 0.15) is 10.8 Å². The highest BCUT2D eigenvalue weighted by Gasteiger charge is 2.05. The number of carbonyl (C=O) groups is 2. The zero-order valence-electron chi connectivity index (χ0n) is 15.0. The van der Waals surface area contributed by atoms with Gasteiger partial charge in [0, 0.05) is 34.8 Å². The normalized spacial score (nSPS) is 10.4. The first-order chi connectivity index (χ1) is 13.1. The lowest BCUT2D eigenvalue weighted by molar-refractivity contribution is -0.116. The highest BCUT2D eigenvalue weighted by molar-refractivity contribution is 7.13. The maximum Gasteiger partial charge on any atom is 0.224 e. The molecule has 6 heteroatoms. The van der Waals surface area contributed by atoms with Crippen LogP contribution in [-0.4, -0.2) is 23.3 Å². The Morgan fingerprint density at radius 3 is 2.44 bits per heavy atom. The van der Waals surface area contributed by atoms with Gasteiger partial charge in [-0.3, -0.25) is 9.59 Å². The van der Waals surface area contributed by atoms with Gasteiger partial charge in [-0.1, -0.05) is 0 Å². The Kier molecular flexibility index (Phi) is 6.33. The minimum absolute atomic E-state index is 0.0258. The molecule has 1 aromatic heterocycles.